The summed E-state index contributed by atoms with van der Waals surface area (Å²) in [5.41, 5.74) is 2.01. The second kappa shape index (κ2) is 15.7. The van der Waals surface area contributed by atoms with E-state index in [2.05, 4.69) is 33.6 Å². The van der Waals surface area contributed by atoms with Gasteiger partial charge in [-0.25, -0.2) is 9.78 Å². The zero-order chi connectivity index (χ0) is 40.9. The van der Waals surface area contributed by atoms with Crippen LogP contribution in [0.1, 0.15) is 104 Å². The van der Waals surface area contributed by atoms with Crippen molar-refractivity contribution in [2.75, 3.05) is 26.0 Å². The smallest absolute Gasteiger partial charge is 0.433 e. The third-order valence-electron chi connectivity index (χ3n) is 12.5. The predicted molar refractivity (Wildman–Crippen MR) is 211 cm³/mol. The maximum Gasteiger partial charge on any atom is 0.433 e. The van der Waals surface area contributed by atoms with Gasteiger partial charge in [0.25, 0.3) is 5.91 Å². The number of anilines is 1. The molecule has 13 nitrogen and oxygen atoms in total. The van der Waals surface area contributed by atoms with E-state index >= 15 is 0 Å². The number of rotatable bonds is 9. The van der Waals surface area contributed by atoms with E-state index in [-0.39, 0.29) is 29.8 Å². The second-order valence-corrected chi connectivity index (χ2v) is 16.1. The zero-order valence-corrected chi connectivity index (χ0v) is 32.7. The Bertz CT molecular complexity index is 2440. The van der Waals surface area contributed by atoms with Crippen molar-refractivity contribution in [2.45, 2.75) is 94.4 Å². The van der Waals surface area contributed by atoms with Crippen LogP contribution in [0.15, 0.2) is 59.5 Å². The molecule has 0 radical (unpaired) electrons. The maximum absolute atomic E-state index is 13.5. The van der Waals surface area contributed by atoms with Crippen molar-refractivity contribution in [1.82, 2.24) is 34.1 Å². The van der Waals surface area contributed by atoms with Crippen molar-refractivity contribution in [2.24, 2.45) is 13.0 Å². The topological polar surface area (TPSA) is 145 Å². The third-order valence-corrected chi connectivity index (χ3v) is 12.5. The van der Waals surface area contributed by atoms with Crippen LogP contribution in [-0.4, -0.2) is 73.3 Å². The summed E-state index contributed by atoms with van der Waals surface area (Å²) in [4.78, 5) is 56.9. The molecule has 1 aliphatic heterocycles. The van der Waals surface area contributed by atoms with Gasteiger partial charge in [-0.3, -0.25) is 33.5 Å². The van der Waals surface area contributed by atoms with Gasteiger partial charge in [-0.1, -0.05) is 18.2 Å². The lowest BCUT2D eigenvalue weighted by molar-refractivity contribution is -0.141. The molecule has 3 aliphatic rings. The number of amides is 3. The highest BCUT2D eigenvalue weighted by atomic mass is 19.4. The molecule has 2 N–H and O–H groups in total. The number of carbonyl (C=O) groups is 3. The normalized spacial score (nSPS) is 23.1. The number of aryl methyl sites for hydroxylation is 1. The number of piperidine rings is 1. The van der Waals surface area contributed by atoms with Crippen LogP contribution in [0, 0.1) is 5.92 Å². The van der Waals surface area contributed by atoms with Gasteiger partial charge in [0.1, 0.15) is 23.2 Å². The quantitative estimate of drug-likeness (QED) is 0.156. The van der Waals surface area contributed by atoms with Gasteiger partial charge in [0.15, 0.2) is 0 Å². The van der Waals surface area contributed by atoms with Crippen molar-refractivity contribution < 1.29 is 32.3 Å². The Balaban J connectivity index is 0.866. The standard InChI is InChI=1S/C42H47F3N8O5/c1-50(27-16-12-25(13-17-27)29-6-4-8-33-38(29)51(2)41(57)53(33)34-18-19-37(54)48-40(34)56)22-24-10-14-28(15-11-24)52-23-26-20-32(35(58-3)21-31(26)49-52)47-39(55)30-7-5-9-36(46-30)42(43,44)45/h4-9,20-21,23-25,27-28,34H,10-19,22H2,1-3H3,(H,47,55)(H,48,54,56). The first kappa shape index (κ1) is 39.3. The molecule has 2 saturated carbocycles. The van der Waals surface area contributed by atoms with Crippen LogP contribution in [0.5, 0.6) is 5.75 Å². The first-order valence-electron chi connectivity index (χ1n) is 19.9. The molecule has 3 aromatic heterocycles. The van der Waals surface area contributed by atoms with Gasteiger partial charge in [-0.15, -0.1) is 0 Å². The van der Waals surface area contributed by atoms with Gasteiger partial charge in [0.05, 0.1) is 35.4 Å². The number of aromatic nitrogens is 5. The van der Waals surface area contributed by atoms with E-state index in [0.717, 1.165) is 92.0 Å². The summed E-state index contributed by atoms with van der Waals surface area (Å²) in [6.07, 6.45) is 5.99. The summed E-state index contributed by atoms with van der Waals surface area (Å²) in [5, 5.41) is 10.7. The van der Waals surface area contributed by atoms with Crippen molar-refractivity contribution in [3.05, 3.63) is 82.2 Å². The lowest BCUT2D eigenvalue weighted by Crippen LogP contribution is -2.44. The monoisotopic (exact) mass is 800 g/mol. The number of methoxy groups -OCH3 is 1. The number of benzene rings is 2. The molecule has 0 bridgehead atoms. The number of nitrogens with zero attached hydrogens (tertiary/aromatic N) is 6. The molecule has 2 aliphatic carbocycles. The average molecular weight is 801 g/mol. The SMILES string of the molecule is COc1cc2nn(C3CCC(CN(C)C4CCC(c5cccc6c5n(C)c(=O)n6C5CCC(=O)NC5=O)CC4)CC3)cc2cc1NC(=O)c1cccc(C(F)(F)F)n1. The average Bonchev–Trinajstić information content (AvgIpc) is 3.74. The largest absolute Gasteiger partial charge is 0.494 e. The molecule has 1 saturated heterocycles. The molecule has 1 atom stereocenters. The molecule has 306 valence electrons. The highest BCUT2D eigenvalue weighted by Crippen LogP contribution is 2.40. The molecule has 5 aromatic rings. The predicted octanol–water partition coefficient (Wildman–Crippen LogP) is 6.73. The van der Waals surface area contributed by atoms with E-state index < -0.39 is 29.7 Å². The summed E-state index contributed by atoms with van der Waals surface area (Å²) in [6, 6.07) is 12.6. The van der Waals surface area contributed by atoms with Crippen LogP contribution >= 0.6 is 0 Å². The molecular formula is C42H47F3N8O5. The molecule has 4 heterocycles. The highest BCUT2D eigenvalue weighted by molar-refractivity contribution is 6.05. The van der Waals surface area contributed by atoms with Crippen molar-refractivity contribution >= 4 is 45.3 Å². The molecule has 3 amide bonds. The molecule has 16 heteroatoms. The van der Waals surface area contributed by atoms with E-state index in [9.17, 15) is 32.3 Å². The van der Waals surface area contributed by atoms with Crippen molar-refractivity contribution in [3.8, 4) is 5.75 Å². The Hall–Kier alpha value is -5.51. The summed E-state index contributed by atoms with van der Waals surface area (Å²) in [7, 11) is 5.45. The van der Waals surface area contributed by atoms with Crippen LogP contribution in [0.25, 0.3) is 21.9 Å². The van der Waals surface area contributed by atoms with Crippen molar-refractivity contribution in [1.29, 1.82) is 0 Å². The number of halogens is 3. The molecule has 0 spiro atoms. The van der Waals surface area contributed by atoms with Gasteiger partial charge in [0.2, 0.25) is 11.8 Å². The molecule has 1 unspecified atom stereocenters. The first-order valence-corrected chi connectivity index (χ1v) is 19.9. The number of pyridine rings is 1. The van der Waals surface area contributed by atoms with Crippen molar-refractivity contribution in [3.63, 3.8) is 0 Å². The van der Waals surface area contributed by atoms with E-state index in [1.807, 2.05) is 23.0 Å². The Kier molecular flexibility index (Phi) is 10.6. The van der Waals surface area contributed by atoms with Gasteiger partial charge in [0, 0.05) is 43.7 Å². The fourth-order valence-electron chi connectivity index (χ4n) is 9.43. The number of para-hydroxylation sites is 1. The molecule has 58 heavy (non-hydrogen) atoms. The van der Waals surface area contributed by atoms with E-state index in [0.29, 0.717) is 41.3 Å². The Morgan fingerprint density at radius 1 is 0.983 bits per heavy atom. The molecule has 2 aromatic carbocycles. The highest BCUT2D eigenvalue weighted by Gasteiger charge is 2.35. The fourth-order valence-corrected chi connectivity index (χ4v) is 9.43. The summed E-state index contributed by atoms with van der Waals surface area (Å²) < 4.78 is 50.3. The lowest BCUT2D eigenvalue weighted by Gasteiger charge is -2.38. The van der Waals surface area contributed by atoms with E-state index in [4.69, 9.17) is 9.84 Å². The minimum absolute atomic E-state index is 0.208. The van der Waals surface area contributed by atoms with Crippen LogP contribution in [-0.2, 0) is 22.8 Å². The Labute approximate surface area is 332 Å². The number of imide groups is 1. The number of nitrogens with one attached hydrogen (secondary N) is 2. The van der Waals surface area contributed by atoms with Gasteiger partial charge < -0.3 is 15.0 Å². The minimum Gasteiger partial charge on any atom is -0.494 e. The molecule has 8 rings (SSSR count). The lowest BCUT2D eigenvalue weighted by atomic mass is 9.80. The fraction of sp³-hybridized carbons (Fsp3) is 0.476. The maximum atomic E-state index is 13.5. The first-order chi connectivity index (χ1) is 27.8. The second-order valence-electron chi connectivity index (χ2n) is 16.1. The number of carbonyl (C=O) groups excluding carboxylic acids is 3. The number of alkyl halides is 3. The number of ether oxygens (including phenoxy) is 1. The number of fused-ring (bicyclic) bond motifs is 2. The minimum atomic E-state index is -4.67. The van der Waals surface area contributed by atoms with Crippen LogP contribution in [0.3, 0.4) is 0 Å². The summed E-state index contributed by atoms with van der Waals surface area (Å²) >= 11 is 0. The van der Waals surface area contributed by atoms with Crippen LogP contribution in [0.2, 0.25) is 0 Å². The van der Waals surface area contributed by atoms with Gasteiger partial charge in [-0.2, -0.15) is 18.3 Å². The summed E-state index contributed by atoms with van der Waals surface area (Å²) in [5.74, 6) is -0.312. The third kappa shape index (κ3) is 7.61. The van der Waals surface area contributed by atoms with E-state index in [1.165, 1.54) is 13.2 Å². The van der Waals surface area contributed by atoms with Gasteiger partial charge >= 0.3 is 11.9 Å². The zero-order valence-electron chi connectivity index (χ0n) is 32.7. The Morgan fingerprint density at radius 3 is 2.43 bits per heavy atom. The number of imidazole rings is 1. The van der Waals surface area contributed by atoms with E-state index in [1.54, 1.807) is 28.3 Å². The number of hydrogen-bond acceptors (Lipinski definition) is 8. The summed E-state index contributed by atoms with van der Waals surface area (Å²) in [6.45, 7) is 1.02. The molecular weight excluding hydrogens is 754 g/mol. The van der Waals surface area contributed by atoms with Gasteiger partial charge in [-0.05, 0) is 106 Å². The van der Waals surface area contributed by atoms with Crippen LogP contribution < -0.4 is 21.1 Å². The molecule has 3 fully saturated rings. The number of hydrogen-bond donors (Lipinski definition) is 2. The van der Waals surface area contributed by atoms with Crippen LogP contribution in [0.4, 0.5) is 18.9 Å². The Morgan fingerprint density at radius 2 is 1.72 bits per heavy atom.